The number of aromatic nitrogens is 1. The highest BCUT2D eigenvalue weighted by atomic mass is 79.9. The minimum absolute atomic E-state index is 0.213. The summed E-state index contributed by atoms with van der Waals surface area (Å²) in [5, 5.41) is 0.934. The fourth-order valence-electron chi connectivity index (χ4n) is 2.27. The Labute approximate surface area is 158 Å². The third kappa shape index (κ3) is 4.37. The number of carbonyl (C=O) groups excluding carboxylic acids is 2. The number of para-hydroxylation sites is 1. The fourth-order valence-corrected chi connectivity index (χ4v) is 2.65. The van der Waals surface area contributed by atoms with Crippen molar-refractivity contribution < 1.29 is 14.3 Å². The molecular weight excluding hydrogens is 398 g/mol. The lowest BCUT2D eigenvalue weighted by molar-refractivity contribution is -0.128. The van der Waals surface area contributed by atoms with Gasteiger partial charge in [0.15, 0.2) is 6.10 Å². The van der Waals surface area contributed by atoms with E-state index in [1.165, 1.54) is 0 Å². The molecule has 3 rings (SSSR count). The molecule has 2 N–H and O–H groups in total. The summed E-state index contributed by atoms with van der Waals surface area (Å²) < 4.78 is 6.39. The molecule has 0 aliphatic carbocycles. The van der Waals surface area contributed by atoms with Crippen LogP contribution in [0.2, 0.25) is 0 Å². The first-order valence-corrected chi connectivity index (χ1v) is 8.70. The molecule has 1 aromatic heterocycles. The molecule has 0 aliphatic heterocycles. The van der Waals surface area contributed by atoms with Gasteiger partial charge in [0.1, 0.15) is 11.4 Å². The first-order chi connectivity index (χ1) is 12.5. The van der Waals surface area contributed by atoms with Gasteiger partial charge < -0.3 is 4.74 Å². The van der Waals surface area contributed by atoms with Crippen molar-refractivity contribution in [1.29, 1.82) is 0 Å². The van der Waals surface area contributed by atoms with E-state index in [9.17, 15) is 9.59 Å². The van der Waals surface area contributed by atoms with Crippen LogP contribution in [-0.2, 0) is 4.79 Å². The van der Waals surface area contributed by atoms with Crippen LogP contribution in [0.25, 0.3) is 10.9 Å². The number of hydrogen-bond acceptors (Lipinski definition) is 4. The highest BCUT2D eigenvalue weighted by Gasteiger charge is 2.16. The van der Waals surface area contributed by atoms with Gasteiger partial charge in [-0.05, 0) is 37.3 Å². The van der Waals surface area contributed by atoms with Crippen molar-refractivity contribution in [3.63, 3.8) is 0 Å². The van der Waals surface area contributed by atoms with Gasteiger partial charge in [0.05, 0.1) is 5.52 Å². The normalized spacial score (nSPS) is 11.6. The van der Waals surface area contributed by atoms with Gasteiger partial charge in [-0.15, -0.1) is 0 Å². The van der Waals surface area contributed by atoms with Crippen molar-refractivity contribution in [3.8, 4) is 5.75 Å². The second kappa shape index (κ2) is 7.97. The van der Waals surface area contributed by atoms with Crippen LogP contribution in [0, 0.1) is 0 Å². The van der Waals surface area contributed by atoms with Crippen LogP contribution >= 0.6 is 15.9 Å². The van der Waals surface area contributed by atoms with Gasteiger partial charge in [0.25, 0.3) is 11.8 Å². The van der Waals surface area contributed by atoms with Crippen molar-refractivity contribution >= 4 is 38.6 Å². The van der Waals surface area contributed by atoms with E-state index in [0.29, 0.717) is 11.3 Å². The Kier molecular flexibility index (Phi) is 5.48. The van der Waals surface area contributed by atoms with Gasteiger partial charge in [-0.25, -0.2) is 4.98 Å². The zero-order valence-corrected chi connectivity index (χ0v) is 15.5. The van der Waals surface area contributed by atoms with Gasteiger partial charge in [-0.1, -0.05) is 46.3 Å². The highest BCUT2D eigenvalue weighted by molar-refractivity contribution is 9.10. The Morgan fingerprint density at radius 1 is 1.04 bits per heavy atom. The molecule has 1 heterocycles. The molecule has 0 saturated carbocycles. The van der Waals surface area contributed by atoms with E-state index in [2.05, 4.69) is 31.8 Å². The van der Waals surface area contributed by atoms with Gasteiger partial charge in [-0.2, -0.15) is 0 Å². The zero-order valence-electron chi connectivity index (χ0n) is 13.9. The molecule has 26 heavy (non-hydrogen) atoms. The predicted octanol–water partition coefficient (Wildman–Crippen LogP) is 3.23. The Morgan fingerprint density at radius 2 is 1.85 bits per heavy atom. The molecule has 132 valence electrons. The number of rotatable bonds is 4. The van der Waals surface area contributed by atoms with Crippen LogP contribution in [0.3, 0.4) is 0 Å². The summed E-state index contributed by atoms with van der Waals surface area (Å²) in [6.45, 7) is 1.59. The lowest BCUT2D eigenvalue weighted by Gasteiger charge is -2.15. The average Bonchev–Trinajstić information content (AvgIpc) is 2.65. The first kappa shape index (κ1) is 17.9. The largest absolute Gasteiger partial charge is 0.481 e. The summed E-state index contributed by atoms with van der Waals surface area (Å²) in [7, 11) is 0. The molecule has 1 atom stereocenters. The SMILES string of the molecule is CC(Oc1cccc(Br)c1)C(=O)NNC(=O)c1ccc2ccccc2n1. The van der Waals surface area contributed by atoms with Gasteiger partial charge in [0.2, 0.25) is 0 Å². The summed E-state index contributed by atoms with van der Waals surface area (Å²) in [4.78, 5) is 28.6. The Hall–Kier alpha value is -2.93. The number of hydrogen-bond donors (Lipinski definition) is 2. The summed E-state index contributed by atoms with van der Waals surface area (Å²) in [6.07, 6.45) is -0.783. The molecule has 6 nitrogen and oxygen atoms in total. The van der Waals surface area contributed by atoms with E-state index >= 15 is 0 Å². The quantitative estimate of drug-likeness (QED) is 0.643. The van der Waals surface area contributed by atoms with E-state index in [1.54, 1.807) is 37.3 Å². The third-order valence-corrected chi connectivity index (χ3v) is 4.10. The van der Waals surface area contributed by atoms with Crippen molar-refractivity contribution in [2.45, 2.75) is 13.0 Å². The van der Waals surface area contributed by atoms with Crippen molar-refractivity contribution in [2.75, 3.05) is 0 Å². The van der Waals surface area contributed by atoms with Gasteiger partial charge in [-0.3, -0.25) is 20.4 Å². The molecule has 7 heteroatoms. The molecule has 2 aromatic carbocycles. The maximum absolute atomic E-state index is 12.2. The van der Waals surface area contributed by atoms with Gasteiger partial charge in [0, 0.05) is 9.86 Å². The molecule has 0 radical (unpaired) electrons. The van der Waals surface area contributed by atoms with E-state index in [1.807, 2.05) is 30.3 Å². The first-order valence-electron chi connectivity index (χ1n) is 7.91. The maximum Gasteiger partial charge on any atom is 0.288 e. The molecule has 0 bridgehead atoms. The molecular formula is C19H16BrN3O3. The molecule has 1 unspecified atom stereocenters. The second-order valence-corrected chi connectivity index (χ2v) is 6.47. The van der Waals surface area contributed by atoms with Crippen LogP contribution in [0.4, 0.5) is 0 Å². The minimum Gasteiger partial charge on any atom is -0.481 e. The number of fused-ring (bicyclic) bond motifs is 1. The number of carbonyl (C=O) groups is 2. The van der Waals surface area contributed by atoms with E-state index in [-0.39, 0.29) is 5.69 Å². The Bertz CT molecular complexity index is 961. The fraction of sp³-hybridized carbons (Fsp3) is 0.105. The lowest BCUT2D eigenvalue weighted by Crippen LogP contribution is -2.47. The summed E-state index contributed by atoms with van der Waals surface area (Å²) >= 11 is 3.34. The molecule has 2 amide bonds. The second-order valence-electron chi connectivity index (χ2n) is 5.55. The van der Waals surface area contributed by atoms with E-state index in [0.717, 1.165) is 9.86 Å². The summed E-state index contributed by atoms with van der Waals surface area (Å²) in [6, 6.07) is 18.0. The monoisotopic (exact) mass is 413 g/mol. The summed E-state index contributed by atoms with van der Waals surface area (Å²) in [5.74, 6) is -0.428. The van der Waals surface area contributed by atoms with Gasteiger partial charge >= 0.3 is 0 Å². The van der Waals surface area contributed by atoms with Crippen LogP contribution in [0.5, 0.6) is 5.75 Å². The predicted molar refractivity (Wildman–Crippen MR) is 102 cm³/mol. The maximum atomic E-state index is 12.2. The van der Waals surface area contributed by atoms with Crippen molar-refractivity contribution in [2.24, 2.45) is 0 Å². The standard InChI is InChI=1S/C19H16BrN3O3/c1-12(26-15-7-4-6-14(20)11-15)18(24)22-23-19(25)17-10-9-13-5-2-3-8-16(13)21-17/h2-12H,1H3,(H,22,24)(H,23,25). The number of benzene rings is 2. The van der Waals surface area contributed by atoms with Crippen molar-refractivity contribution in [1.82, 2.24) is 15.8 Å². The Balaban J connectivity index is 1.58. The average molecular weight is 414 g/mol. The molecule has 3 aromatic rings. The number of pyridine rings is 1. The number of amides is 2. The lowest BCUT2D eigenvalue weighted by atomic mass is 10.2. The molecule has 0 aliphatic rings. The van der Waals surface area contributed by atoms with Crippen LogP contribution in [0.1, 0.15) is 17.4 Å². The molecule has 0 spiro atoms. The zero-order chi connectivity index (χ0) is 18.5. The topological polar surface area (TPSA) is 80.3 Å². The molecule has 0 saturated heterocycles. The number of nitrogens with one attached hydrogen (secondary N) is 2. The summed E-state index contributed by atoms with van der Waals surface area (Å²) in [5.41, 5.74) is 5.62. The van der Waals surface area contributed by atoms with Crippen LogP contribution in [-0.4, -0.2) is 22.9 Å². The number of nitrogens with zero attached hydrogens (tertiary/aromatic N) is 1. The number of ether oxygens (including phenoxy) is 1. The van der Waals surface area contributed by atoms with Crippen LogP contribution in [0.15, 0.2) is 65.1 Å². The number of hydrazine groups is 1. The number of halogens is 1. The Morgan fingerprint density at radius 3 is 2.65 bits per heavy atom. The van der Waals surface area contributed by atoms with Crippen LogP contribution < -0.4 is 15.6 Å². The van der Waals surface area contributed by atoms with Crippen molar-refractivity contribution in [3.05, 3.63) is 70.8 Å². The van der Waals surface area contributed by atoms with E-state index in [4.69, 9.17) is 4.74 Å². The minimum atomic E-state index is -0.783. The smallest absolute Gasteiger partial charge is 0.288 e. The highest BCUT2D eigenvalue weighted by Crippen LogP contribution is 2.18. The third-order valence-electron chi connectivity index (χ3n) is 3.61. The van der Waals surface area contributed by atoms with E-state index < -0.39 is 17.9 Å². The molecule has 0 fully saturated rings.